The van der Waals surface area contributed by atoms with Crippen molar-refractivity contribution in [2.75, 3.05) is 7.11 Å². The van der Waals surface area contributed by atoms with Crippen molar-refractivity contribution in [3.63, 3.8) is 0 Å². The summed E-state index contributed by atoms with van der Waals surface area (Å²) in [4.78, 5) is 58.6. The van der Waals surface area contributed by atoms with Crippen LogP contribution in [0.4, 0.5) is 0 Å². The number of likely N-dealkylation sites (tertiary alicyclic amines) is 2. The van der Waals surface area contributed by atoms with Crippen LogP contribution in [0.1, 0.15) is 35.4 Å². The van der Waals surface area contributed by atoms with E-state index in [1.807, 2.05) is 66.7 Å². The van der Waals surface area contributed by atoms with Crippen molar-refractivity contribution >= 4 is 39.6 Å². The average Bonchev–Trinajstić information content (AvgIpc) is 3.42. The van der Waals surface area contributed by atoms with E-state index in [1.165, 1.54) is 16.9 Å². The van der Waals surface area contributed by atoms with Gasteiger partial charge in [0.1, 0.15) is 0 Å². The molecule has 3 aromatic carbocycles. The molecule has 224 valence electrons. The van der Waals surface area contributed by atoms with Crippen LogP contribution in [0.25, 0.3) is 0 Å². The number of imide groups is 2. The molecule has 44 heavy (non-hydrogen) atoms. The van der Waals surface area contributed by atoms with Crippen molar-refractivity contribution in [3.8, 4) is 11.5 Å². The SMILES string of the molecule is COc1cc([C@H]2C3=CC[C@@H]4C(=O)N(Cc5ccccc5)C(=O)[C@@H]4[C@@H]3C[C@H]3C(=O)N(Cc4ccccc4)C(=O)[C@@H]23)cc(Br)c1O. The van der Waals surface area contributed by atoms with Crippen LogP contribution in [-0.4, -0.2) is 45.6 Å². The monoisotopic (exact) mass is 654 g/mol. The van der Waals surface area contributed by atoms with Crippen molar-refractivity contribution < 1.29 is 29.0 Å². The van der Waals surface area contributed by atoms with Gasteiger partial charge in [-0.25, -0.2) is 0 Å². The number of aromatic hydroxyl groups is 1. The molecule has 1 saturated carbocycles. The molecule has 0 spiro atoms. The number of hydrogen-bond donors (Lipinski definition) is 1. The number of phenols is 1. The number of benzene rings is 3. The number of allylic oxidation sites excluding steroid dienone is 2. The molecular formula is C35H31BrN2O6. The van der Waals surface area contributed by atoms with Crippen LogP contribution in [0.15, 0.2) is 88.9 Å². The predicted octanol–water partition coefficient (Wildman–Crippen LogP) is 5.20. The number of nitrogens with zero attached hydrogens (tertiary/aromatic N) is 2. The first-order valence-corrected chi connectivity index (χ1v) is 15.6. The molecule has 8 nitrogen and oxygen atoms in total. The van der Waals surface area contributed by atoms with E-state index in [0.717, 1.165) is 16.7 Å². The van der Waals surface area contributed by atoms with Crippen molar-refractivity contribution in [2.45, 2.75) is 31.8 Å². The van der Waals surface area contributed by atoms with E-state index in [0.29, 0.717) is 22.9 Å². The van der Waals surface area contributed by atoms with Crippen LogP contribution in [0.3, 0.4) is 0 Å². The van der Waals surface area contributed by atoms with Gasteiger partial charge in [0.25, 0.3) is 0 Å². The number of fused-ring (bicyclic) bond motifs is 4. The zero-order valence-corrected chi connectivity index (χ0v) is 25.6. The average molecular weight is 656 g/mol. The number of phenolic OH excluding ortho intramolecular Hbond substituents is 1. The van der Waals surface area contributed by atoms with Crippen molar-refractivity contribution in [1.82, 2.24) is 9.80 Å². The molecule has 0 aromatic heterocycles. The normalized spacial score (nSPS) is 27.6. The van der Waals surface area contributed by atoms with Crippen LogP contribution in [0, 0.1) is 29.6 Å². The number of methoxy groups -OCH3 is 1. The molecule has 4 aliphatic rings. The van der Waals surface area contributed by atoms with Gasteiger partial charge in [0, 0.05) is 5.92 Å². The molecule has 3 aromatic rings. The molecule has 2 saturated heterocycles. The number of rotatable bonds is 6. The van der Waals surface area contributed by atoms with E-state index >= 15 is 0 Å². The van der Waals surface area contributed by atoms with Crippen LogP contribution in [-0.2, 0) is 32.3 Å². The lowest BCUT2D eigenvalue weighted by atomic mass is 9.57. The fourth-order valence-electron chi connectivity index (χ4n) is 7.87. The molecule has 2 aliphatic heterocycles. The third kappa shape index (κ3) is 4.48. The summed E-state index contributed by atoms with van der Waals surface area (Å²) in [5.41, 5.74) is 3.33. The summed E-state index contributed by atoms with van der Waals surface area (Å²) in [6.45, 7) is 0.367. The van der Waals surface area contributed by atoms with Crippen LogP contribution in [0.5, 0.6) is 11.5 Å². The fraction of sp³-hybridized carbons (Fsp3) is 0.314. The first-order chi connectivity index (χ1) is 21.3. The third-order valence-corrected chi connectivity index (χ3v) is 10.4. The highest BCUT2D eigenvalue weighted by Crippen LogP contribution is 2.58. The number of carbonyl (C=O) groups is 4. The van der Waals surface area contributed by atoms with Crippen molar-refractivity contribution in [1.29, 1.82) is 0 Å². The Hall–Kier alpha value is -4.24. The van der Waals surface area contributed by atoms with E-state index in [-0.39, 0.29) is 54.1 Å². The Morgan fingerprint density at radius 3 is 1.93 bits per heavy atom. The van der Waals surface area contributed by atoms with Gasteiger partial charge in [-0.1, -0.05) is 72.3 Å². The Morgan fingerprint density at radius 1 is 0.773 bits per heavy atom. The van der Waals surface area contributed by atoms with Crippen LogP contribution < -0.4 is 4.74 Å². The molecule has 0 radical (unpaired) electrons. The predicted molar refractivity (Wildman–Crippen MR) is 164 cm³/mol. The van der Waals surface area contributed by atoms with E-state index in [2.05, 4.69) is 15.9 Å². The van der Waals surface area contributed by atoms with Crippen molar-refractivity contribution in [3.05, 3.63) is 106 Å². The highest BCUT2D eigenvalue weighted by atomic mass is 79.9. The fourth-order valence-corrected chi connectivity index (χ4v) is 8.33. The lowest BCUT2D eigenvalue weighted by Gasteiger charge is -2.44. The summed E-state index contributed by atoms with van der Waals surface area (Å²) in [6.07, 6.45) is 2.72. The largest absolute Gasteiger partial charge is 0.503 e. The molecule has 6 atom stereocenters. The summed E-state index contributed by atoms with van der Waals surface area (Å²) < 4.78 is 5.86. The highest BCUT2D eigenvalue weighted by Gasteiger charge is 2.61. The maximum absolute atomic E-state index is 14.2. The Balaban J connectivity index is 1.30. The Kier molecular flexibility index (Phi) is 7.16. The minimum absolute atomic E-state index is 0.0644. The maximum atomic E-state index is 14.2. The van der Waals surface area contributed by atoms with Gasteiger partial charge in [0.05, 0.1) is 48.3 Å². The summed E-state index contributed by atoms with van der Waals surface area (Å²) in [5.74, 6) is -4.11. The smallest absolute Gasteiger partial charge is 0.234 e. The van der Waals surface area contributed by atoms with Gasteiger partial charge in [-0.15, -0.1) is 0 Å². The zero-order chi connectivity index (χ0) is 30.7. The number of hydrogen-bond acceptors (Lipinski definition) is 6. The summed E-state index contributed by atoms with van der Waals surface area (Å²) in [6, 6.07) is 22.3. The van der Waals surface area contributed by atoms with E-state index in [1.54, 1.807) is 12.1 Å². The second kappa shape index (κ2) is 11.0. The minimum Gasteiger partial charge on any atom is -0.503 e. The van der Waals surface area contributed by atoms with Gasteiger partial charge in [0.2, 0.25) is 23.6 Å². The van der Waals surface area contributed by atoms with E-state index in [4.69, 9.17) is 4.74 Å². The van der Waals surface area contributed by atoms with Crippen molar-refractivity contribution in [2.24, 2.45) is 29.6 Å². The van der Waals surface area contributed by atoms with Gasteiger partial charge in [0.15, 0.2) is 11.5 Å². The summed E-state index contributed by atoms with van der Waals surface area (Å²) >= 11 is 3.43. The minimum atomic E-state index is -0.681. The molecule has 3 fully saturated rings. The number of halogens is 1. The lowest BCUT2D eigenvalue weighted by Crippen LogP contribution is -2.43. The quantitative estimate of drug-likeness (QED) is 0.290. The molecule has 2 heterocycles. The standard InChI is InChI=1S/C35H31BrN2O6/c1-44-27-15-21(14-26(36)31(27)39)28-22-12-13-23-29(34(42)37(32(23)40)17-19-8-4-2-5-9-19)24(22)16-25-30(28)35(43)38(33(25)41)18-20-10-6-3-7-11-20/h2-12,14-15,23-25,28-30,39H,13,16-18H2,1H3/t23-,24+,25+,28-,29-,30+/m0/s1. The zero-order valence-electron chi connectivity index (χ0n) is 24.1. The molecule has 2 aliphatic carbocycles. The van der Waals surface area contributed by atoms with E-state index in [9.17, 15) is 24.3 Å². The molecule has 9 heteroatoms. The third-order valence-electron chi connectivity index (χ3n) is 9.83. The van der Waals surface area contributed by atoms with Crippen LogP contribution >= 0.6 is 15.9 Å². The number of ether oxygens (including phenoxy) is 1. The molecule has 0 unspecified atom stereocenters. The van der Waals surface area contributed by atoms with Gasteiger partial charge in [-0.05, 0) is 63.5 Å². The highest BCUT2D eigenvalue weighted by molar-refractivity contribution is 9.10. The number of carbonyl (C=O) groups excluding carboxylic acids is 4. The second-order valence-corrected chi connectivity index (χ2v) is 12.9. The summed E-state index contributed by atoms with van der Waals surface area (Å²) in [5, 5.41) is 10.6. The Bertz CT molecular complexity index is 1710. The topological polar surface area (TPSA) is 104 Å². The first-order valence-electron chi connectivity index (χ1n) is 14.8. The van der Waals surface area contributed by atoms with Gasteiger partial charge in [-0.3, -0.25) is 29.0 Å². The number of amides is 4. The van der Waals surface area contributed by atoms with Gasteiger partial charge >= 0.3 is 0 Å². The lowest BCUT2D eigenvalue weighted by molar-refractivity contribution is -0.142. The van der Waals surface area contributed by atoms with E-state index < -0.39 is 29.6 Å². The van der Waals surface area contributed by atoms with Crippen LogP contribution in [0.2, 0.25) is 0 Å². The Morgan fingerprint density at radius 2 is 1.34 bits per heavy atom. The van der Waals surface area contributed by atoms with Gasteiger partial charge < -0.3 is 9.84 Å². The second-order valence-electron chi connectivity index (χ2n) is 12.1. The first kappa shape index (κ1) is 28.5. The molecule has 0 bridgehead atoms. The Labute approximate surface area is 263 Å². The summed E-state index contributed by atoms with van der Waals surface area (Å²) in [7, 11) is 1.46. The molecule has 7 rings (SSSR count). The van der Waals surface area contributed by atoms with Gasteiger partial charge in [-0.2, -0.15) is 0 Å². The molecule has 4 amide bonds. The molecular weight excluding hydrogens is 624 g/mol. The molecule has 1 N–H and O–H groups in total. The maximum Gasteiger partial charge on any atom is 0.234 e.